The highest BCUT2D eigenvalue weighted by atomic mass is 32.2. The molecule has 1 aliphatic heterocycles. The Bertz CT molecular complexity index is 552. The summed E-state index contributed by atoms with van der Waals surface area (Å²) in [5, 5.41) is 17.3. The van der Waals surface area contributed by atoms with Gasteiger partial charge in [-0.25, -0.2) is 0 Å². The van der Waals surface area contributed by atoms with Gasteiger partial charge < -0.3 is 20.0 Å². The lowest BCUT2D eigenvalue weighted by atomic mass is 10.2. The van der Waals surface area contributed by atoms with Crippen LogP contribution in [0.25, 0.3) is 0 Å². The van der Waals surface area contributed by atoms with Crippen LogP contribution in [0.4, 0.5) is 0 Å². The van der Waals surface area contributed by atoms with E-state index in [9.17, 15) is 26.4 Å². The molecule has 4 N–H and O–H groups in total. The molecule has 0 unspecified atom stereocenters. The monoisotopic (exact) mass is 422 g/mol. The largest absolute Gasteiger partial charge is 0.396 e. The maximum absolute atomic E-state index is 11.4. The van der Waals surface area contributed by atoms with Crippen molar-refractivity contribution in [1.82, 2.24) is 9.80 Å². The highest BCUT2D eigenvalue weighted by molar-refractivity contribution is 7.85. The van der Waals surface area contributed by atoms with Crippen LogP contribution in [0.5, 0.6) is 0 Å². The van der Waals surface area contributed by atoms with Gasteiger partial charge in [0.05, 0.1) is 25.7 Å². The first kappa shape index (κ1) is 26.9. The summed E-state index contributed by atoms with van der Waals surface area (Å²) in [6.45, 7) is 1.77. The molecule has 0 radical (unpaired) electrons. The van der Waals surface area contributed by atoms with Crippen molar-refractivity contribution in [3.63, 3.8) is 0 Å². The van der Waals surface area contributed by atoms with Gasteiger partial charge in [0.25, 0.3) is 20.2 Å². The van der Waals surface area contributed by atoms with Gasteiger partial charge in [-0.05, 0) is 0 Å². The highest BCUT2D eigenvalue weighted by Gasteiger charge is 2.23. The third kappa shape index (κ3) is 20.7. The second-order valence-corrected chi connectivity index (χ2v) is 8.11. The van der Waals surface area contributed by atoms with Gasteiger partial charge >= 0.3 is 0 Å². The zero-order valence-electron chi connectivity index (χ0n) is 14.6. The Labute approximate surface area is 152 Å². The van der Waals surface area contributed by atoms with Crippen LogP contribution >= 0.6 is 0 Å². The molecule has 1 fully saturated rings. The number of nitrogens with zero attached hydrogens (tertiary/aromatic N) is 2. The Hall–Kier alpha value is -1.32. The van der Waals surface area contributed by atoms with Crippen molar-refractivity contribution in [2.24, 2.45) is 0 Å². The minimum Gasteiger partial charge on any atom is -0.396 e. The fourth-order valence-corrected chi connectivity index (χ4v) is 1.71. The van der Waals surface area contributed by atoms with E-state index in [0.29, 0.717) is 38.7 Å². The molecule has 1 heterocycles. The van der Waals surface area contributed by atoms with E-state index in [1.807, 2.05) is 0 Å². The molecule has 0 aromatic heterocycles. The van der Waals surface area contributed by atoms with Crippen LogP contribution in [0, 0.1) is 0 Å². The number of carbonyl (C=O) groups excluding carboxylic acids is 2. The maximum Gasteiger partial charge on any atom is 0.261 e. The first-order valence-corrected chi connectivity index (χ1v) is 11.0. The molecule has 26 heavy (non-hydrogen) atoms. The molecule has 0 atom stereocenters. The van der Waals surface area contributed by atoms with E-state index in [-0.39, 0.29) is 37.9 Å². The molecule has 0 spiro atoms. The first-order chi connectivity index (χ1) is 11.7. The molecule has 0 saturated carbocycles. The molecule has 14 heteroatoms. The summed E-state index contributed by atoms with van der Waals surface area (Å²) in [5.74, 6) is -0.145. The summed E-state index contributed by atoms with van der Waals surface area (Å²) in [7, 11) is -7.33. The Morgan fingerprint density at radius 1 is 0.731 bits per heavy atom. The Morgan fingerprint density at radius 3 is 1.08 bits per heavy atom. The first-order valence-electron chi connectivity index (χ1n) is 7.31. The van der Waals surface area contributed by atoms with Crippen molar-refractivity contribution < 1.29 is 45.7 Å². The van der Waals surface area contributed by atoms with Gasteiger partial charge in [-0.15, -0.1) is 0 Å². The second kappa shape index (κ2) is 12.9. The van der Waals surface area contributed by atoms with Crippen LogP contribution in [0.1, 0.15) is 12.8 Å². The number of hydrogen-bond donors (Lipinski definition) is 4. The zero-order chi connectivity index (χ0) is 21.0. The molecule has 2 amide bonds. The molecule has 0 bridgehead atoms. The average Bonchev–Trinajstić information content (AvgIpc) is 2.44. The predicted octanol–water partition coefficient (Wildman–Crippen LogP) is -2.57. The third-order valence-corrected chi connectivity index (χ3v) is 2.64. The second-order valence-electron chi connectivity index (χ2n) is 5.17. The van der Waals surface area contributed by atoms with E-state index in [2.05, 4.69) is 0 Å². The maximum atomic E-state index is 11.4. The molecule has 1 saturated heterocycles. The molecule has 0 aromatic carbocycles. The van der Waals surface area contributed by atoms with E-state index in [4.69, 9.17) is 19.3 Å². The van der Waals surface area contributed by atoms with Crippen LogP contribution in [0.2, 0.25) is 0 Å². The molecule has 0 aromatic rings. The quantitative estimate of drug-likeness (QED) is 0.350. The summed E-state index contributed by atoms with van der Waals surface area (Å²) in [4.78, 5) is 26.1. The molecular weight excluding hydrogens is 396 g/mol. The molecule has 156 valence electrons. The van der Waals surface area contributed by atoms with E-state index in [1.165, 1.54) is 0 Å². The Kier molecular flexibility index (Phi) is 13.4. The number of aliphatic hydroxyl groups is 2. The summed E-state index contributed by atoms with van der Waals surface area (Å²) in [6, 6.07) is 0. The van der Waals surface area contributed by atoms with Crippen molar-refractivity contribution in [3.05, 3.63) is 0 Å². The van der Waals surface area contributed by atoms with Crippen molar-refractivity contribution in [1.29, 1.82) is 0 Å². The van der Waals surface area contributed by atoms with E-state index in [1.54, 1.807) is 9.80 Å². The van der Waals surface area contributed by atoms with E-state index in [0.717, 1.165) is 0 Å². The SMILES string of the molecule is CS(=O)(=O)O.CS(=O)(=O)O.O=C(CCO)N1CCN(C(=O)CCO)CC1. The number of amides is 2. The van der Waals surface area contributed by atoms with Crippen LogP contribution < -0.4 is 0 Å². The number of rotatable bonds is 4. The molecular formula is C12H26N2O10S2. The Morgan fingerprint density at radius 2 is 0.923 bits per heavy atom. The molecule has 1 aliphatic rings. The summed E-state index contributed by atoms with van der Waals surface area (Å²) in [5.41, 5.74) is 0. The summed E-state index contributed by atoms with van der Waals surface area (Å²) < 4.78 is 51.7. The van der Waals surface area contributed by atoms with Gasteiger partial charge in [0.1, 0.15) is 0 Å². The fourth-order valence-electron chi connectivity index (χ4n) is 1.71. The average molecular weight is 422 g/mol. The van der Waals surface area contributed by atoms with Gasteiger partial charge in [0.15, 0.2) is 0 Å². The minimum absolute atomic E-state index is 0.0724. The van der Waals surface area contributed by atoms with Crippen molar-refractivity contribution >= 4 is 32.1 Å². The smallest absolute Gasteiger partial charge is 0.261 e. The van der Waals surface area contributed by atoms with Crippen molar-refractivity contribution in [2.75, 3.05) is 51.9 Å². The highest BCUT2D eigenvalue weighted by Crippen LogP contribution is 2.05. The molecule has 0 aliphatic carbocycles. The van der Waals surface area contributed by atoms with E-state index < -0.39 is 20.2 Å². The van der Waals surface area contributed by atoms with Crippen LogP contribution in [-0.2, 0) is 29.8 Å². The Balaban J connectivity index is 0. The van der Waals surface area contributed by atoms with Gasteiger partial charge in [-0.3, -0.25) is 18.7 Å². The third-order valence-electron chi connectivity index (χ3n) is 2.64. The van der Waals surface area contributed by atoms with Crippen LogP contribution in [0.3, 0.4) is 0 Å². The topological polar surface area (TPSA) is 190 Å². The van der Waals surface area contributed by atoms with Gasteiger partial charge in [0.2, 0.25) is 11.8 Å². The fraction of sp³-hybridized carbons (Fsp3) is 0.833. The van der Waals surface area contributed by atoms with Crippen LogP contribution in [0.15, 0.2) is 0 Å². The zero-order valence-corrected chi connectivity index (χ0v) is 16.2. The molecule has 12 nitrogen and oxygen atoms in total. The van der Waals surface area contributed by atoms with Crippen molar-refractivity contribution in [2.45, 2.75) is 12.8 Å². The van der Waals surface area contributed by atoms with Gasteiger partial charge in [-0.1, -0.05) is 0 Å². The minimum atomic E-state index is -3.67. The number of hydrogen-bond acceptors (Lipinski definition) is 8. The van der Waals surface area contributed by atoms with Crippen molar-refractivity contribution in [3.8, 4) is 0 Å². The lowest BCUT2D eigenvalue weighted by Gasteiger charge is -2.34. The number of piperazine rings is 1. The molecule has 1 rings (SSSR count). The predicted molar refractivity (Wildman–Crippen MR) is 91.5 cm³/mol. The number of carbonyl (C=O) groups is 2. The van der Waals surface area contributed by atoms with Crippen LogP contribution in [-0.4, -0.2) is 110 Å². The standard InChI is InChI=1S/C10H18N2O4.2CH4O3S/c13-7-1-9(15)11-3-5-12(6-4-11)10(16)2-8-14;2*1-5(2,3)4/h13-14H,1-8H2;2*1H3,(H,2,3,4). The van der Waals surface area contributed by atoms with Gasteiger partial charge in [-0.2, -0.15) is 16.8 Å². The lowest BCUT2D eigenvalue weighted by molar-refractivity contribution is -0.140. The summed E-state index contributed by atoms with van der Waals surface area (Å²) >= 11 is 0. The van der Waals surface area contributed by atoms with E-state index >= 15 is 0 Å². The number of aliphatic hydroxyl groups excluding tert-OH is 2. The lowest BCUT2D eigenvalue weighted by Crippen LogP contribution is -2.50. The normalized spacial score (nSPS) is 14.5. The van der Waals surface area contributed by atoms with Gasteiger partial charge in [0, 0.05) is 39.0 Å². The summed E-state index contributed by atoms with van der Waals surface area (Å²) in [6.07, 6.45) is 1.72.